The Bertz CT molecular complexity index is 689. The lowest BCUT2D eigenvalue weighted by molar-refractivity contribution is -0.385. The minimum Gasteiger partial charge on any atom is -0.447 e. The van der Waals surface area contributed by atoms with E-state index in [9.17, 15) is 24.0 Å². The van der Waals surface area contributed by atoms with Crippen LogP contribution in [0.2, 0.25) is 0 Å². The number of rotatable bonds is 4. The van der Waals surface area contributed by atoms with Crippen molar-refractivity contribution in [1.29, 1.82) is 0 Å². The van der Waals surface area contributed by atoms with Crippen molar-refractivity contribution in [3.8, 4) is 11.5 Å². The van der Waals surface area contributed by atoms with Crippen LogP contribution in [0.5, 0.6) is 11.5 Å². The van der Waals surface area contributed by atoms with Crippen LogP contribution >= 0.6 is 0 Å². The first-order valence-electron chi connectivity index (χ1n) is 5.98. The van der Waals surface area contributed by atoms with Gasteiger partial charge in [0.1, 0.15) is 5.82 Å². The smallest absolute Gasteiger partial charge is 0.311 e. The molecule has 0 unspecified atom stereocenters. The Morgan fingerprint density at radius 2 is 1.90 bits per heavy atom. The van der Waals surface area contributed by atoms with Gasteiger partial charge in [-0.2, -0.15) is 0 Å². The van der Waals surface area contributed by atoms with Crippen LogP contribution in [-0.4, -0.2) is 10.0 Å². The molecule has 0 aliphatic rings. The molecule has 2 aromatic carbocycles. The van der Waals surface area contributed by atoms with Gasteiger partial charge in [-0.05, 0) is 30.7 Å². The quantitative estimate of drug-likeness (QED) is 0.689. The van der Waals surface area contributed by atoms with Crippen LogP contribution in [-0.2, 0) is 0 Å². The van der Waals surface area contributed by atoms with Gasteiger partial charge >= 0.3 is 5.69 Å². The maximum Gasteiger partial charge on any atom is 0.311 e. The summed E-state index contributed by atoms with van der Waals surface area (Å²) in [5, 5.41) is 20.4. The van der Waals surface area contributed by atoms with E-state index >= 15 is 0 Å². The molecule has 0 radical (unpaired) electrons. The summed E-state index contributed by atoms with van der Waals surface area (Å²) >= 11 is 0. The Balaban J connectivity index is 2.44. The molecule has 2 rings (SSSR count). The van der Waals surface area contributed by atoms with Crippen LogP contribution in [0.1, 0.15) is 18.6 Å². The second kappa shape index (κ2) is 5.84. The number of nitro groups is 1. The number of hydrogen-bond acceptors (Lipinski definition) is 4. The predicted molar refractivity (Wildman–Crippen MR) is 70.2 cm³/mol. The third kappa shape index (κ3) is 3.32. The second-order valence-corrected chi connectivity index (χ2v) is 4.34. The fraction of sp³-hybridized carbons (Fsp3) is 0.143. The van der Waals surface area contributed by atoms with Crippen molar-refractivity contribution in [2.75, 3.05) is 0 Å². The third-order valence-corrected chi connectivity index (χ3v) is 2.78. The van der Waals surface area contributed by atoms with E-state index in [0.717, 1.165) is 24.3 Å². The van der Waals surface area contributed by atoms with Crippen molar-refractivity contribution in [1.82, 2.24) is 0 Å². The van der Waals surface area contributed by atoms with Gasteiger partial charge in [0.25, 0.3) is 0 Å². The average Bonchev–Trinajstić information content (AvgIpc) is 2.42. The van der Waals surface area contributed by atoms with Crippen LogP contribution in [0.15, 0.2) is 36.4 Å². The number of hydrogen-bond donors (Lipinski definition) is 1. The molecular weight excluding hydrogens is 284 g/mol. The lowest BCUT2D eigenvalue weighted by Gasteiger charge is -2.10. The number of aliphatic hydroxyl groups excluding tert-OH is 1. The molecular formula is C14H11F2NO4. The molecule has 2 aromatic rings. The summed E-state index contributed by atoms with van der Waals surface area (Å²) < 4.78 is 31.6. The van der Waals surface area contributed by atoms with Crippen LogP contribution in [0.4, 0.5) is 14.5 Å². The highest BCUT2D eigenvalue weighted by Gasteiger charge is 2.19. The summed E-state index contributed by atoms with van der Waals surface area (Å²) in [5.74, 6) is -2.27. The Morgan fingerprint density at radius 3 is 2.52 bits per heavy atom. The summed E-state index contributed by atoms with van der Waals surface area (Å²) in [6, 6.07) is 6.32. The first-order chi connectivity index (χ1) is 9.88. The Kier molecular flexibility index (Phi) is 4.13. The minimum atomic E-state index is -0.899. The molecule has 1 N–H and O–H groups in total. The zero-order valence-corrected chi connectivity index (χ0v) is 10.9. The Labute approximate surface area is 118 Å². The Morgan fingerprint density at radius 1 is 1.19 bits per heavy atom. The monoisotopic (exact) mass is 295 g/mol. The van der Waals surface area contributed by atoms with Gasteiger partial charge in [-0.15, -0.1) is 0 Å². The lowest BCUT2D eigenvalue weighted by Crippen LogP contribution is -1.98. The number of aliphatic hydroxyl groups is 1. The van der Waals surface area contributed by atoms with E-state index in [2.05, 4.69) is 0 Å². The molecule has 21 heavy (non-hydrogen) atoms. The SMILES string of the molecule is C[C@H](O)c1ccc(Oc2cc(F)ccc2F)c([N+](=O)[O-])c1. The molecule has 0 saturated carbocycles. The van der Waals surface area contributed by atoms with Crippen molar-refractivity contribution in [2.24, 2.45) is 0 Å². The van der Waals surface area contributed by atoms with Gasteiger partial charge in [0.05, 0.1) is 11.0 Å². The van der Waals surface area contributed by atoms with Crippen molar-refractivity contribution in [3.63, 3.8) is 0 Å². The fourth-order valence-corrected chi connectivity index (χ4v) is 1.70. The third-order valence-electron chi connectivity index (χ3n) is 2.78. The summed E-state index contributed by atoms with van der Waals surface area (Å²) in [7, 11) is 0. The van der Waals surface area contributed by atoms with E-state index in [-0.39, 0.29) is 5.75 Å². The van der Waals surface area contributed by atoms with E-state index in [0.29, 0.717) is 5.56 Å². The number of nitro benzene ring substituents is 1. The minimum absolute atomic E-state index is 0.242. The molecule has 0 bridgehead atoms. The van der Waals surface area contributed by atoms with Crippen LogP contribution in [0.25, 0.3) is 0 Å². The summed E-state index contributed by atoms with van der Waals surface area (Å²) in [6.07, 6.45) is -0.899. The largest absolute Gasteiger partial charge is 0.447 e. The summed E-state index contributed by atoms with van der Waals surface area (Å²) in [4.78, 5) is 10.3. The molecule has 0 heterocycles. The standard InChI is InChI=1S/C14H11F2NO4/c1-8(18)9-2-5-13(12(6-9)17(19)20)21-14-7-10(15)3-4-11(14)16/h2-8,18H,1H3/t8-/m0/s1. The van der Waals surface area contributed by atoms with Gasteiger partial charge < -0.3 is 9.84 Å². The van der Waals surface area contributed by atoms with Gasteiger partial charge in [0.15, 0.2) is 11.6 Å². The number of benzene rings is 2. The zero-order valence-electron chi connectivity index (χ0n) is 10.9. The molecule has 0 aromatic heterocycles. The van der Waals surface area contributed by atoms with Crippen molar-refractivity contribution < 1.29 is 23.5 Å². The van der Waals surface area contributed by atoms with E-state index in [4.69, 9.17) is 4.74 Å². The first-order valence-corrected chi connectivity index (χ1v) is 5.98. The van der Waals surface area contributed by atoms with E-state index in [1.807, 2.05) is 0 Å². The maximum atomic E-state index is 13.5. The molecule has 1 atom stereocenters. The molecule has 5 nitrogen and oxygen atoms in total. The summed E-state index contributed by atoms with van der Waals surface area (Å²) in [6.45, 7) is 1.45. The average molecular weight is 295 g/mol. The fourth-order valence-electron chi connectivity index (χ4n) is 1.70. The van der Waals surface area contributed by atoms with Gasteiger partial charge in [0, 0.05) is 12.1 Å². The normalized spacial score (nSPS) is 12.0. The van der Waals surface area contributed by atoms with Crippen LogP contribution in [0.3, 0.4) is 0 Å². The molecule has 110 valence electrons. The molecule has 0 aliphatic carbocycles. The highest BCUT2D eigenvalue weighted by molar-refractivity contribution is 5.51. The molecule has 7 heteroatoms. The Hall–Kier alpha value is -2.54. The first kappa shape index (κ1) is 14.9. The molecule has 0 saturated heterocycles. The van der Waals surface area contributed by atoms with Crippen LogP contribution < -0.4 is 4.74 Å². The predicted octanol–water partition coefficient (Wildman–Crippen LogP) is 3.72. The van der Waals surface area contributed by atoms with Crippen LogP contribution in [0, 0.1) is 21.7 Å². The van der Waals surface area contributed by atoms with Gasteiger partial charge in [-0.1, -0.05) is 6.07 Å². The topological polar surface area (TPSA) is 72.6 Å². The van der Waals surface area contributed by atoms with Crippen molar-refractivity contribution >= 4 is 5.69 Å². The molecule has 0 amide bonds. The number of ether oxygens (including phenoxy) is 1. The van der Waals surface area contributed by atoms with E-state index in [1.165, 1.54) is 19.1 Å². The van der Waals surface area contributed by atoms with E-state index < -0.39 is 34.1 Å². The second-order valence-electron chi connectivity index (χ2n) is 4.34. The maximum absolute atomic E-state index is 13.5. The zero-order chi connectivity index (χ0) is 15.6. The van der Waals surface area contributed by atoms with Crippen molar-refractivity contribution in [2.45, 2.75) is 13.0 Å². The van der Waals surface area contributed by atoms with Gasteiger partial charge in [-0.25, -0.2) is 8.78 Å². The van der Waals surface area contributed by atoms with Gasteiger partial charge in [-0.3, -0.25) is 10.1 Å². The number of halogens is 2. The molecule has 0 spiro atoms. The van der Waals surface area contributed by atoms with E-state index in [1.54, 1.807) is 0 Å². The summed E-state index contributed by atoms with van der Waals surface area (Å²) in [5.41, 5.74) is -0.133. The highest BCUT2D eigenvalue weighted by Crippen LogP contribution is 2.34. The molecule has 0 fully saturated rings. The number of nitrogens with zero attached hydrogens (tertiary/aromatic N) is 1. The van der Waals surface area contributed by atoms with Gasteiger partial charge in [0.2, 0.25) is 5.75 Å². The lowest BCUT2D eigenvalue weighted by atomic mass is 10.1. The molecule has 0 aliphatic heterocycles. The van der Waals surface area contributed by atoms with Crippen molar-refractivity contribution in [3.05, 3.63) is 63.7 Å². The highest BCUT2D eigenvalue weighted by atomic mass is 19.1.